The molecule has 0 saturated carbocycles. The molecule has 19 heavy (non-hydrogen) atoms. The lowest BCUT2D eigenvalue weighted by atomic mass is 10.2. The van der Waals surface area contributed by atoms with Crippen molar-refractivity contribution >= 4 is 0 Å². The van der Waals surface area contributed by atoms with Crippen LogP contribution in [0.3, 0.4) is 0 Å². The molecule has 0 aliphatic carbocycles. The van der Waals surface area contributed by atoms with E-state index in [2.05, 4.69) is 29.0 Å². The van der Waals surface area contributed by atoms with E-state index in [1.165, 1.54) is 6.07 Å². The van der Waals surface area contributed by atoms with Crippen LogP contribution in [0.4, 0.5) is 13.2 Å². The minimum atomic E-state index is -4.32. The highest BCUT2D eigenvalue weighted by Gasteiger charge is 2.30. The van der Waals surface area contributed by atoms with E-state index in [0.717, 1.165) is 38.4 Å². The van der Waals surface area contributed by atoms with Crippen LogP contribution >= 0.6 is 0 Å². The van der Waals surface area contributed by atoms with Crippen molar-refractivity contribution in [2.75, 3.05) is 26.2 Å². The molecule has 0 aliphatic heterocycles. The fraction of sp³-hybridized carbons (Fsp3) is 0.615. The Labute approximate surface area is 111 Å². The smallest absolute Gasteiger partial charge is 0.310 e. The van der Waals surface area contributed by atoms with Gasteiger partial charge in [-0.05, 0) is 25.2 Å². The standard InChI is InChI=1S/C13H20F3N3/c1-3-19(4-2)8-7-17-10-12-6-5-11(9-18-12)13(14,15)16/h5-6,9,17H,3-4,7-8,10H2,1-2H3. The van der Waals surface area contributed by atoms with Crippen molar-refractivity contribution in [1.29, 1.82) is 0 Å². The molecule has 0 aliphatic rings. The van der Waals surface area contributed by atoms with Gasteiger partial charge in [0.25, 0.3) is 0 Å². The van der Waals surface area contributed by atoms with E-state index in [0.29, 0.717) is 12.2 Å². The van der Waals surface area contributed by atoms with Crippen molar-refractivity contribution in [1.82, 2.24) is 15.2 Å². The van der Waals surface area contributed by atoms with Gasteiger partial charge in [0.05, 0.1) is 11.3 Å². The summed E-state index contributed by atoms with van der Waals surface area (Å²) in [5.74, 6) is 0. The summed E-state index contributed by atoms with van der Waals surface area (Å²) in [5.41, 5.74) is -0.0908. The van der Waals surface area contributed by atoms with Gasteiger partial charge in [-0.15, -0.1) is 0 Å². The van der Waals surface area contributed by atoms with Gasteiger partial charge in [0.2, 0.25) is 0 Å². The molecule has 0 amide bonds. The quantitative estimate of drug-likeness (QED) is 0.775. The second kappa shape index (κ2) is 7.45. The van der Waals surface area contributed by atoms with Crippen LogP contribution in [-0.2, 0) is 12.7 Å². The minimum Gasteiger partial charge on any atom is -0.310 e. The molecule has 0 saturated heterocycles. The highest BCUT2D eigenvalue weighted by molar-refractivity contribution is 5.16. The van der Waals surface area contributed by atoms with E-state index in [1.54, 1.807) is 0 Å². The Bertz CT molecular complexity index is 358. The molecule has 0 radical (unpaired) electrons. The number of nitrogens with zero attached hydrogens (tertiary/aromatic N) is 2. The van der Waals surface area contributed by atoms with Crippen molar-refractivity contribution < 1.29 is 13.2 Å². The number of aromatic nitrogens is 1. The van der Waals surface area contributed by atoms with Crippen molar-refractivity contribution in [3.8, 4) is 0 Å². The molecule has 1 rings (SSSR count). The summed E-state index contributed by atoms with van der Waals surface area (Å²) in [6, 6.07) is 2.47. The van der Waals surface area contributed by atoms with Crippen LogP contribution in [0.25, 0.3) is 0 Å². The lowest BCUT2D eigenvalue weighted by Gasteiger charge is -2.17. The van der Waals surface area contributed by atoms with Gasteiger partial charge in [-0.2, -0.15) is 13.2 Å². The van der Waals surface area contributed by atoms with E-state index in [4.69, 9.17) is 0 Å². The predicted molar refractivity (Wildman–Crippen MR) is 68.7 cm³/mol. The number of alkyl halides is 3. The topological polar surface area (TPSA) is 28.2 Å². The minimum absolute atomic E-state index is 0.486. The normalized spacial score (nSPS) is 12.1. The Kier molecular flexibility index (Phi) is 6.24. The summed E-state index contributed by atoms with van der Waals surface area (Å²) in [5, 5.41) is 3.17. The first kappa shape index (κ1) is 15.9. The number of hydrogen-bond acceptors (Lipinski definition) is 3. The predicted octanol–water partition coefficient (Wildman–Crippen LogP) is 2.53. The van der Waals surface area contributed by atoms with Gasteiger partial charge < -0.3 is 10.2 Å². The first-order valence-corrected chi connectivity index (χ1v) is 6.42. The van der Waals surface area contributed by atoms with Crippen LogP contribution in [0, 0.1) is 0 Å². The molecule has 0 spiro atoms. The van der Waals surface area contributed by atoms with E-state index in [1.807, 2.05) is 0 Å². The van der Waals surface area contributed by atoms with Crippen molar-refractivity contribution in [3.63, 3.8) is 0 Å². The molecule has 3 nitrogen and oxygen atoms in total. The summed E-state index contributed by atoms with van der Waals surface area (Å²) in [4.78, 5) is 6.08. The van der Waals surface area contributed by atoms with Gasteiger partial charge in [-0.25, -0.2) is 0 Å². The van der Waals surface area contributed by atoms with Gasteiger partial charge in [0.1, 0.15) is 0 Å². The fourth-order valence-corrected chi connectivity index (χ4v) is 1.69. The van der Waals surface area contributed by atoms with Crippen LogP contribution < -0.4 is 5.32 Å². The second-order valence-electron chi connectivity index (χ2n) is 4.24. The molecular formula is C13H20F3N3. The lowest BCUT2D eigenvalue weighted by molar-refractivity contribution is -0.137. The summed E-state index contributed by atoms with van der Waals surface area (Å²) in [6.07, 6.45) is -3.44. The fourth-order valence-electron chi connectivity index (χ4n) is 1.69. The van der Waals surface area contributed by atoms with Crippen LogP contribution in [0.2, 0.25) is 0 Å². The molecule has 6 heteroatoms. The maximum atomic E-state index is 12.3. The zero-order valence-corrected chi connectivity index (χ0v) is 11.3. The zero-order valence-electron chi connectivity index (χ0n) is 11.3. The van der Waals surface area contributed by atoms with Gasteiger partial charge in [0.15, 0.2) is 0 Å². The van der Waals surface area contributed by atoms with E-state index >= 15 is 0 Å². The van der Waals surface area contributed by atoms with E-state index < -0.39 is 11.7 Å². The number of pyridine rings is 1. The van der Waals surface area contributed by atoms with Crippen molar-refractivity contribution in [2.45, 2.75) is 26.6 Å². The summed E-state index contributed by atoms with van der Waals surface area (Å²) < 4.78 is 37.0. The molecule has 108 valence electrons. The molecule has 0 atom stereocenters. The number of hydrogen-bond donors (Lipinski definition) is 1. The van der Waals surface area contributed by atoms with Crippen LogP contribution in [0.1, 0.15) is 25.1 Å². The number of likely N-dealkylation sites (N-methyl/N-ethyl adjacent to an activating group) is 1. The average Bonchev–Trinajstić information content (AvgIpc) is 2.38. The molecule has 1 N–H and O–H groups in total. The van der Waals surface area contributed by atoms with Gasteiger partial charge in [0, 0.05) is 25.8 Å². The van der Waals surface area contributed by atoms with Crippen LogP contribution in [0.15, 0.2) is 18.3 Å². The van der Waals surface area contributed by atoms with E-state index in [-0.39, 0.29) is 0 Å². The maximum absolute atomic E-state index is 12.3. The van der Waals surface area contributed by atoms with Crippen LogP contribution in [-0.4, -0.2) is 36.1 Å². The molecule has 0 aromatic carbocycles. The average molecular weight is 275 g/mol. The Morgan fingerprint density at radius 2 is 1.89 bits per heavy atom. The summed E-state index contributed by atoms with van der Waals surface area (Å²) in [6.45, 7) is 8.40. The van der Waals surface area contributed by atoms with Crippen molar-refractivity contribution in [3.05, 3.63) is 29.6 Å². The summed E-state index contributed by atoms with van der Waals surface area (Å²) >= 11 is 0. The van der Waals surface area contributed by atoms with E-state index in [9.17, 15) is 13.2 Å². The van der Waals surface area contributed by atoms with Gasteiger partial charge in [-0.3, -0.25) is 4.98 Å². The Morgan fingerprint density at radius 1 is 1.21 bits per heavy atom. The molecule has 0 bridgehead atoms. The first-order chi connectivity index (χ1) is 8.97. The molecule has 1 heterocycles. The highest BCUT2D eigenvalue weighted by Crippen LogP contribution is 2.28. The highest BCUT2D eigenvalue weighted by atomic mass is 19.4. The monoisotopic (exact) mass is 275 g/mol. The second-order valence-corrected chi connectivity index (χ2v) is 4.24. The third kappa shape index (κ3) is 5.57. The first-order valence-electron chi connectivity index (χ1n) is 6.42. The number of halogens is 3. The Morgan fingerprint density at radius 3 is 2.37 bits per heavy atom. The summed E-state index contributed by atoms with van der Waals surface area (Å²) in [7, 11) is 0. The zero-order chi connectivity index (χ0) is 14.3. The number of rotatable bonds is 7. The SMILES string of the molecule is CCN(CC)CCNCc1ccc(C(F)(F)F)cn1. The van der Waals surface area contributed by atoms with Crippen molar-refractivity contribution in [2.24, 2.45) is 0 Å². The molecule has 1 aromatic heterocycles. The lowest BCUT2D eigenvalue weighted by Crippen LogP contribution is -2.31. The molecule has 0 fully saturated rings. The largest absolute Gasteiger partial charge is 0.417 e. The maximum Gasteiger partial charge on any atom is 0.417 e. The van der Waals surface area contributed by atoms with Gasteiger partial charge >= 0.3 is 6.18 Å². The number of nitrogens with one attached hydrogen (secondary N) is 1. The Balaban J connectivity index is 2.34. The Hall–Kier alpha value is -1.14. The molecular weight excluding hydrogens is 255 g/mol. The third-order valence-electron chi connectivity index (χ3n) is 2.96. The molecule has 1 aromatic rings. The van der Waals surface area contributed by atoms with Crippen LogP contribution in [0.5, 0.6) is 0 Å². The third-order valence-corrected chi connectivity index (χ3v) is 2.96. The molecule has 0 unspecified atom stereocenters. The van der Waals surface area contributed by atoms with Gasteiger partial charge in [-0.1, -0.05) is 13.8 Å².